The Morgan fingerprint density at radius 2 is 1.93 bits per heavy atom. The van der Waals surface area contributed by atoms with Gasteiger partial charge in [-0.05, 0) is 51.1 Å². The third-order valence-corrected chi connectivity index (χ3v) is 4.59. The zero-order valence-corrected chi connectivity index (χ0v) is 10.3. The lowest BCUT2D eigenvalue weighted by Gasteiger charge is -2.41. The molecule has 0 amide bonds. The minimum atomic E-state index is 0.762. The molecule has 2 heteroatoms. The maximum absolute atomic E-state index is 5.91. The van der Waals surface area contributed by atoms with E-state index in [1.807, 2.05) is 0 Å². The summed E-state index contributed by atoms with van der Waals surface area (Å²) in [4.78, 5) is 2.64. The quantitative estimate of drug-likeness (QED) is 0.771. The van der Waals surface area contributed by atoms with Crippen LogP contribution in [0.15, 0.2) is 0 Å². The van der Waals surface area contributed by atoms with Gasteiger partial charge in [0.15, 0.2) is 0 Å². The Hall–Kier alpha value is -0.0800. The number of nitrogens with zero attached hydrogens (tertiary/aromatic N) is 1. The summed E-state index contributed by atoms with van der Waals surface area (Å²) in [5.74, 6) is 1.72. The second-order valence-corrected chi connectivity index (χ2v) is 5.55. The Kier molecular flexibility index (Phi) is 3.68. The van der Waals surface area contributed by atoms with Crippen molar-refractivity contribution in [3.63, 3.8) is 0 Å². The van der Waals surface area contributed by atoms with Crippen molar-refractivity contribution in [2.45, 2.75) is 57.5 Å². The van der Waals surface area contributed by atoms with Crippen molar-refractivity contribution in [1.29, 1.82) is 0 Å². The Balaban J connectivity index is 1.96. The standard InChI is InChI=1S/C13H26N2/c1-3-10-4-5-11(9-14)13(8-10)15(2)12-6-7-12/h10-13H,3-9,14H2,1-2H3. The smallest absolute Gasteiger partial charge is 0.0138 e. The van der Waals surface area contributed by atoms with Gasteiger partial charge < -0.3 is 10.6 Å². The van der Waals surface area contributed by atoms with Gasteiger partial charge in [0.1, 0.15) is 0 Å². The molecule has 0 radical (unpaired) electrons. The largest absolute Gasteiger partial charge is 0.330 e. The monoisotopic (exact) mass is 210 g/mol. The molecule has 2 rings (SSSR count). The van der Waals surface area contributed by atoms with Crippen LogP contribution in [0.3, 0.4) is 0 Å². The average molecular weight is 210 g/mol. The van der Waals surface area contributed by atoms with Crippen molar-refractivity contribution in [2.24, 2.45) is 17.6 Å². The summed E-state index contributed by atoms with van der Waals surface area (Å²) < 4.78 is 0. The van der Waals surface area contributed by atoms with Crippen molar-refractivity contribution in [3.8, 4) is 0 Å². The van der Waals surface area contributed by atoms with Crippen LogP contribution < -0.4 is 5.73 Å². The fourth-order valence-electron chi connectivity index (χ4n) is 3.19. The summed E-state index contributed by atoms with van der Waals surface area (Å²) in [7, 11) is 2.32. The van der Waals surface area contributed by atoms with Crippen LogP contribution >= 0.6 is 0 Å². The van der Waals surface area contributed by atoms with Gasteiger partial charge in [-0.1, -0.05) is 19.8 Å². The van der Waals surface area contributed by atoms with Crippen LogP contribution in [0, 0.1) is 11.8 Å². The second-order valence-electron chi connectivity index (χ2n) is 5.55. The molecule has 3 atom stereocenters. The predicted octanol–water partition coefficient (Wildman–Crippen LogP) is 2.23. The number of nitrogens with two attached hydrogens (primary N) is 1. The Morgan fingerprint density at radius 3 is 2.47 bits per heavy atom. The van der Waals surface area contributed by atoms with Gasteiger partial charge in [0.2, 0.25) is 0 Å². The first-order valence-corrected chi connectivity index (χ1v) is 6.68. The molecule has 0 spiro atoms. The van der Waals surface area contributed by atoms with E-state index in [1.54, 1.807) is 0 Å². The summed E-state index contributed by atoms with van der Waals surface area (Å²) in [6, 6.07) is 1.67. The Labute approximate surface area is 94.2 Å². The van der Waals surface area contributed by atoms with Crippen LogP contribution in [0.5, 0.6) is 0 Å². The summed E-state index contributed by atoms with van der Waals surface area (Å²) >= 11 is 0. The first kappa shape index (κ1) is 11.4. The van der Waals surface area contributed by atoms with E-state index in [1.165, 1.54) is 38.5 Å². The molecule has 2 fully saturated rings. The highest BCUT2D eigenvalue weighted by atomic mass is 15.2. The molecule has 2 saturated carbocycles. The van der Waals surface area contributed by atoms with Crippen LogP contribution in [0.25, 0.3) is 0 Å². The third kappa shape index (κ3) is 2.54. The molecule has 0 aromatic heterocycles. The summed E-state index contributed by atoms with van der Waals surface area (Å²) in [5.41, 5.74) is 5.91. The molecular formula is C13H26N2. The van der Waals surface area contributed by atoms with Gasteiger partial charge in [-0.3, -0.25) is 0 Å². The molecule has 0 heterocycles. The second kappa shape index (κ2) is 4.84. The summed E-state index contributed by atoms with van der Waals surface area (Å²) in [6.45, 7) is 3.22. The minimum Gasteiger partial charge on any atom is -0.330 e. The van der Waals surface area contributed by atoms with Gasteiger partial charge in [-0.15, -0.1) is 0 Å². The Bertz CT molecular complexity index is 199. The highest BCUT2D eigenvalue weighted by Crippen LogP contribution is 2.37. The molecule has 0 aliphatic heterocycles. The van der Waals surface area contributed by atoms with Crippen LogP contribution in [0.1, 0.15) is 45.4 Å². The lowest BCUT2D eigenvalue weighted by Crippen LogP contribution is -2.46. The minimum absolute atomic E-state index is 0.762. The van der Waals surface area contributed by atoms with Crippen molar-refractivity contribution >= 4 is 0 Å². The van der Waals surface area contributed by atoms with E-state index in [0.29, 0.717) is 0 Å². The van der Waals surface area contributed by atoms with E-state index in [-0.39, 0.29) is 0 Å². The van der Waals surface area contributed by atoms with E-state index in [9.17, 15) is 0 Å². The highest BCUT2D eigenvalue weighted by Gasteiger charge is 2.37. The van der Waals surface area contributed by atoms with E-state index < -0.39 is 0 Å². The molecule has 0 aromatic rings. The first-order valence-electron chi connectivity index (χ1n) is 6.68. The predicted molar refractivity (Wildman–Crippen MR) is 64.7 cm³/mol. The summed E-state index contributed by atoms with van der Waals surface area (Å²) in [5, 5.41) is 0. The number of hydrogen-bond donors (Lipinski definition) is 1. The van der Waals surface area contributed by atoms with Crippen LogP contribution in [-0.4, -0.2) is 30.6 Å². The van der Waals surface area contributed by atoms with E-state index in [4.69, 9.17) is 5.73 Å². The topological polar surface area (TPSA) is 29.3 Å². The van der Waals surface area contributed by atoms with Gasteiger partial charge in [0, 0.05) is 12.1 Å². The van der Waals surface area contributed by atoms with Crippen molar-refractivity contribution in [2.75, 3.05) is 13.6 Å². The fraction of sp³-hybridized carbons (Fsp3) is 1.00. The molecule has 0 saturated heterocycles. The first-order chi connectivity index (χ1) is 7.26. The molecule has 0 bridgehead atoms. The van der Waals surface area contributed by atoms with E-state index in [0.717, 1.165) is 30.5 Å². The molecule has 2 N–H and O–H groups in total. The van der Waals surface area contributed by atoms with Crippen molar-refractivity contribution < 1.29 is 0 Å². The molecule has 15 heavy (non-hydrogen) atoms. The lowest BCUT2D eigenvalue weighted by atomic mass is 9.76. The Morgan fingerprint density at radius 1 is 1.20 bits per heavy atom. The maximum Gasteiger partial charge on any atom is 0.0138 e. The number of hydrogen-bond acceptors (Lipinski definition) is 2. The fourth-order valence-corrected chi connectivity index (χ4v) is 3.19. The molecule has 2 aliphatic carbocycles. The van der Waals surface area contributed by atoms with Gasteiger partial charge >= 0.3 is 0 Å². The van der Waals surface area contributed by atoms with E-state index >= 15 is 0 Å². The third-order valence-electron chi connectivity index (χ3n) is 4.59. The lowest BCUT2D eigenvalue weighted by molar-refractivity contribution is 0.0961. The van der Waals surface area contributed by atoms with Crippen LogP contribution in [0.2, 0.25) is 0 Å². The molecule has 2 nitrogen and oxygen atoms in total. The zero-order chi connectivity index (χ0) is 10.8. The van der Waals surface area contributed by atoms with Gasteiger partial charge in [0.25, 0.3) is 0 Å². The van der Waals surface area contributed by atoms with Gasteiger partial charge in [-0.25, -0.2) is 0 Å². The van der Waals surface area contributed by atoms with Crippen molar-refractivity contribution in [1.82, 2.24) is 4.90 Å². The van der Waals surface area contributed by atoms with Crippen LogP contribution in [0.4, 0.5) is 0 Å². The molecule has 0 aromatic carbocycles. The van der Waals surface area contributed by atoms with E-state index in [2.05, 4.69) is 18.9 Å². The number of rotatable bonds is 4. The van der Waals surface area contributed by atoms with Gasteiger partial charge in [-0.2, -0.15) is 0 Å². The molecular weight excluding hydrogens is 184 g/mol. The zero-order valence-electron chi connectivity index (χ0n) is 10.3. The summed E-state index contributed by atoms with van der Waals surface area (Å²) in [6.07, 6.45) is 8.35. The molecule has 2 aliphatic rings. The van der Waals surface area contributed by atoms with Gasteiger partial charge in [0.05, 0.1) is 0 Å². The average Bonchev–Trinajstić information content (AvgIpc) is 3.11. The molecule has 88 valence electrons. The SMILES string of the molecule is CCC1CCC(CN)C(N(C)C2CC2)C1. The van der Waals surface area contributed by atoms with Crippen molar-refractivity contribution in [3.05, 3.63) is 0 Å². The molecule has 3 unspecified atom stereocenters. The van der Waals surface area contributed by atoms with Crippen LogP contribution in [-0.2, 0) is 0 Å². The maximum atomic E-state index is 5.91. The highest BCUT2D eigenvalue weighted by molar-refractivity contribution is 4.92. The normalized spacial score (nSPS) is 37.2.